The van der Waals surface area contributed by atoms with Gasteiger partial charge in [-0.2, -0.15) is 0 Å². The van der Waals surface area contributed by atoms with E-state index in [1.165, 1.54) is 54.6 Å². The van der Waals surface area contributed by atoms with Crippen LogP contribution in [0.3, 0.4) is 0 Å². The van der Waals surface area contributed by atoms with Gasteiger partial charge in [-0.3, -0.25) is 0 Å². The molecular formula is C60H39NO. The number of anilines is 3. The first-order chi connectivity index (χ1) is 30.7. The van der Waals surface area contributed by atoms with Crippen molar-refractivity contribution in [3.05, 3.63) is 237 Å². The lowest BCUT2D eigenvalue weighted by molar-refractivity contribution is 0.670. The molecule has 0 atom stereocenters. The second kappa shape index (κ2) is 14.8. The Morgan fingerprint density at radius 3 is 1.48 bits per heavy atom. The molecule has 0 unspecified atom stereocenters. The standard InChI is InChI=1S/C60H39NO/c1-3-12-41(13-4-1)52-20-9-17-46-18-10-21-53(59(46)52)44-28-34-49(35-29-44)61(50-36-30-45-25-24-43-16-7-8-19-51(43)56(45)39-50)48-32-26-40(27-33-48)47-31-37-58-57(38-47)55-23-11-22-54(60(55)62-58)42-14-5-2-6-15-42/h1-39H. The van der Waals surface area contributed by atoms with E-state index in [0.29, 0.717) is 0 Å². The zero-order valence-electron chi connectivity index (χ0n) is 33.9. The van der Waals surface area contributed by atoms with Gasteiger partial charge in [-0.1, -0.05) is 188 Å². The number of rotatable bonds is 7. The maximum atomic E-state index is 6.51. The van der Waals surface area contributed by atoms with Crippen molar-refractivity contribution in [3.8, 4) is 44.5 Å². The number of nitrogens with zero attached hydrogens (tertiary/aromatic N) is 1. The van der Waals surface area contributed by atoms with Gasteiger partial charge in [0.05, 0.1) is 0 Å². The van der Waals surface area contributed by atoms with Crippen LogP contribution >= 0.6 is 0 Å². The van der Waals surface area contributed by atoms with Gasteiger partial charge in [-0.05, 0) is 120 Å². The first kappa shape index (κ1) is 35.7. The number of benzene rings is 11. The van der Waals surface area contributed by atoms with Crippen molar-refractivity contribution in [2.24, 2.45) is 0 Å². The van der Waals surface area contributed by atoms with Crippen LogP contribution in [-0.4, -0.2) is 0 Å². The second-order valence-electron chi connectivity index (χ2n) is 16.1. The summed E-state index contributed by atoms with van der Waals surface area (Å²) in [5, 5.41) is 9.68. The Morgan fingerprint density at radius 1 is 0.274 bits per heavy atom. The maximum absolute atomic E-state index is 6.51. The normalized spacial score (nSPS) is 11.5. The fourth-order valence-electron chi connectivity index (χ4n) is 9.43. The fourth-order valence-corrected chi connectivity index (χ4v) is 9.43. The lowest BCUT2D eigenvalue weighted by atomic mass is 9.91. The summed E-state index contributed by atoms with van der Waals surface area (Å²) in [6, 6.07) is 85.4. The number of para-hydroxylation sites is 1. The topological polar surface area (TPSA) is 16.4 Å². The van der Waals surface area contributed by atoms with Crippen LogP contribution in [0, 0.1) is 0 Å². The summed E-state index contributed by atoms with van der Waals surface area (Å²) < 4.78 is 6.51. The maximum Gasteiger partial charge on any atom is 0.143 e. The summed E-state index contributed by atoms with van der Waals surface area (Å²) in [5.41, 5.74) is 14.5. The third-order valence-corrected chi connectivity index (χ3v) is 12.5. The van der Waals surface area contributed by atoms with Crippen LogP contribution in [0.2, 0.25) is 0 Å². The molecule has 0 bridgehead atoms. The summed E-state index contributed by atoms with van der Waals surface area (Å²) in [6.45, 7) is 0. The van der Waals surface area contributed by atoms with E-state index in [-0.39, 0.29) is 0 Å². The van der Waals surface area contributed by atoms with Crippen LogP contribution in [0.25, 0.3) is 98.8 Å². The van der Waals surface area contributed by atoms with Gasteiger partial charge in [0, 0.05) is 33.4 Å². The van der Waals surface area contributed by atoms with E-state index in [1.807, 2.05) is 6.07 Å². The highest BCUT2D eigenvalue weighted by Crippen LogP contribution is 2.42. The summed E-state index contributed by atoms with van der Waals surface area (Å²) >= 11 is 0. The number of hydrogen-bond donors (Lipinski definition) is 0. The Balaban J connectivity index is 0.961. The van der Waals surface area contributed by atoms with Crippen molar-refractivity contribution in [1.82, 2.24) is 0 Å². The predicted octanol–water partition coefficient (Wildman–Crippen LogP) is 17.2. The van der Waals surface area contributed by atoms with Gasteiger partial charge in [-0.25, -0.2) is 0 Å². The van der Waals surface area contributed by atoms with Crippen LogP contribution in [0.4, 0.5) is 17.1 Å². The molecule has 0 fully saturated rings. The Kier molecular flexibility index (Phi) is 8.53. The van der Waals surface area contributed by atoms with Gasteiger partial charge in [0.2, 0.25) is 0 Å². The van der Waals surface area contributed by atoms with Crippen LogP contribution < -0.4 is 4.90 Å². The molecule has 0 amide bonds. The Bertz CT molecular complexity index is 3600. The highest BCUT2D eigenvalue weighted by Gasteiger charge is 2.18. The van der Waals surface area contributed by atoms with Gasteiger partial charge >= 0.3 is 0 Å². The van der Waals surface area contributed by atoms with Gasteiger partial charge in [0.25, 0.3) is 0 Å². The average molecular weight is 790 g/mol. The van der Waals surface area contributed by atoms with Crippen molar-refractivity contribution in [2.45, 2.75) is 0 Å². The molecule has 12 rings (SSSR count). The van der Waals surface area contributed by atoms with Crippen molar-refractivity contribution >= 4 is 71.3 Å². The van der Waals surface area contributed by atoms with Crippen molar-refractivity contribution < 1.29 is 4.42 Å². The Hall–Kier alpha value is -8.20. The molecule has 2 nitrogen and oxygen atoms in total. The largest absolute Gasteiger partial charge is 0.455 e. The fraction of sp³-hybridized carbons (Fsp3) is 0. The van der Waals surface area contributed by atoms with E-state index in [0.717, 1.165) is 61.3 Å². The summed E-state index contributed by atoms with van der Waals surface area (Å²) in [4.78, 5) is 2.38. The molecule has 0 spiro atoms. The van der Waals surface area contributed by atoms with E-state index >= 15 is 0 Å². The summed E-state index contributed by atoms with van der Waals surface area (Å²) in [5.74, 6) is 0. The monoisotopic (exact) mass is 789 g/mol. The Morgan fingerprint density at radius 2 is 0.774 bits per heavy atom. The second-order valence-corrected chi connectivity index (χ2v) is 16.1. The third-order valence-electron chi connectivity index (χ3n) is 12.5. The molecule has 2 heteroatoms. The molecule has 11 aromatic carbocycles. The molecule has 1 aromatic heterocycles. The first-order valence-corrected chi connectivity index (χ1v) is 21.2. The van der Waals surface area contributed by atoms with E-state index in [9.17, 15) is 0 Å². The molecule has 1 heterocycles. The molecule has 290 valence electrons. The SMILES string of the molecule is c1ccc(-c2cccc3c2oc2ccc(-c4ccc(N(c5ccc(-c6cccc7cccc(-c8ccccc8)c67)cc5)c5ccc6ccc7ccccc7c6c5)cc4)cc23)cc1. The molecule has 12 aromatic rings. The van der Waals surface area contributed by atoms with E-state index in [1.54, 1.807) is 0 Å². The number of furan rings is 1. The van der Waals surface area contributed by atoms with Gasteiger partial charge in [-0.15, -0.1) is 0 Å². The van der Waals surface area contributed by atoms with Crippen LogP contribution in [-0.2, 0) is 0 Å². The minimum absolute atomic E-state index is 0.891. The molecule has 0 aliphatic rings. The van der Waals surface area contributed by atoms with Crippen molar-refractivity contribution in [2.75, 3.05) is 4.90 Å². The lowest BCUT2D eigenvalue weighted by Gasteiger charge is -2.26. The van der Waals surface area contributed by atoms with Crippen LogP contribution in [0.5, 0.6) is 0 Å². The molecule has 0 aliphatic heterocycles. The first-order valence-electron chi connectivity index (χ1n) is 21.2. The quantitative estimate of drug-likeness (QED) is 0.150. The zero-order chi connectivity index (χ0) is 41.0. The van der Waals surface area contributed by atoms with Crippen LogP contribution in [0.1, 0.15) is 0 Å². The third kappa shape index (κ3) is 6.12. The van der Waals surface area contributed by atoms with E-state index in [4.69, 9.17) is 4.42 Å². The van der Waals surface area contributed by atoms with Gasteiger partial charge in [0.1, 0.15) is 11.2 Å². The average Bonchev–Trinajstić information content (AvgIpc) is 3.73. The number of fused-ring (bicyclic) bond motifs is 7. The zero-order valence-corrected chi connectivity index (χ0v) is 33.9. The predicted molar refractivity (Wildman–Crippen MR) is 263 cm³/mol. The molecular weight excluding hydrogens is 751 g/mol. The minimum atomic E-state index is 0.891. The van der Waals surface area contributed by atoms with E-state index < -0.39 is 0 Å². The highest BCUT2D eigenvalue weighted by molar-refractivity contribution is 6.11. The van der Waals surface area contributed by atoms with Crippen LogP contribution in [0.15, 0.2) is 241 Å². The molecule has 0 saturated heterocycles. The van der Waals surface area contributed by atoms with Crippen molar-refractivity contribution in [1.29, 1.82) is 0 Å². The van der Waals surface area contributed by atoms with Crippen molar-refractivity contribution in [3.63, 3.8) is 0 Å². The smallest absolute Gasteiger partial charge is 0.143 e. The minimum Gasteiger partial charge on any atom is -0.455 e. The highest BCUT2D eigenvalue weighted by atomic mass is 16.3. The van der Waals surface area contributed by atoms with Gasteiger partial charge in [0.15, 0.2) is 0 Å². The molecule has 0 saturated carbocycles. The molecule has 0 radical (unpaired) electrons. The molecule has 0 aliphatic carbocycles. The lowest BCUT2D eigenvalue weighted by Crippen LogP contribution is -2.10. The summed E-state index contributed by atoms with van der Waals surface area (Å²) in [6.07, 6.45) is 0. The molecule has 0 N–H and O–H groups in total. The summed E-state index contributed by atoms with van der Waals surface area (Å²) in [7, 11) is 0. The number of hydrogen-bond acceptors (Lipinski definition) is 2. The van der Waals surface area contributed by atoms with Gasteiger partial charge < -0.3 is 9.32 Å². The van der Waals surface area contributed by atoms with E-state index in [2.05, 4.69) is 235 Å². The Labute approximate surface area is 360 Å². The molecule has 62 heavy (non-hydrogen) atoms.